The summed E-state index contributed by atoms with van der Waals surface area (Å²) in [5.74, 6) is 1.58. The molecule has 3 rings (SSSR count). The smallest absolute Gasteiger partial charge is 0.226 e. The number of nitrogens with zero attached hydrogens (tertiary/aromatic N) is 1. The molecule has 1 heterocycles. The van der Waals surface area contributed by atoms with Gasteiger partial charge < -0.3 is 14.4 Å². The van der Waals surface area contributed by atoms with Crippen LogP contribution in [0.15, 0.2) is 54.6 Å². The van der Waals surface area contributed by atoms with E-state index < -0.39 is 0 Å². The molecule has 1 atom stereocenters. The van der Waals surface area contributed by atoms with Gasteiger partial charge in [-0.05, 0) is 49.2 Å². The van der Waals surface area contributed by atoms with Gasteiger partial charge in [-0.1, -0.05) is 18.2 Å². The van der Waals surface area contributed by atoms with Crippen molar-refractivity contribution in [3.05, 3.63) is 60.4 Å². The van der Waals surface area contributed by atoms with Crippen molar-refractivity contribution >= 4 is 5.91 Å². The Morgan fingerprint density at radius 2 is 1.77 bits per heavy atom. The van der Waals surface area contributed by atoms with Gasteiger partial charge in [-0.25, -0.2) is 4.39 Å². The molecule has 0 N–H and O–H groups in total. The number of carbonyl (C=O) groups is 1. The summed E-state index contributed by atoms with van der Waals surface area (Å²) >= 11 is 0. The minimum absolute atomic E-state index is 0.118. The molecule has 0 bridgehead atoms. The van der Waals surface area contributed by atoms with E-state index in [0.717, 1.165) is 25.1 Å². The van der Waals surface area contributed by atoms with Crippen LogP contribution in [0, 0.1) is 11.7 Å². The van der Waals surface area contributed by atoms with Gasteiger partial charge >= 0.3 is 0 Å². The van der Waals surface area contributed by atoms with Crippen LogP contribution in [0.5, 0.6) is 11.5 Å². The number of rotatable bonds is 7. The number of ether oxygens (including phenoxy) is 2. The molecule has 0 aliphatic carbocycles. The van der Waals surface area contributed by atoms with Gasteiger partial charge in [-0.2, -0.15) is 0 Å². The zero-order chi connectivity index (χ0) is 18.2. The molecule has 0 spiro atoms. The van der Waals surface area contributed by atoms with E-state index in [4.69, 9.17) is 9.47 Å². The molecule has 26 heavy (non-hydrogen) atoms. The van der Waals surface area contributed by atoms with Crippen molar-refractivity contribution in [2.45, 2.75) is 19.3 Å². The van der Waals surface area contributed by atoms with Crippen LogP contribution in [0.2, 0.25) is 0 Å². The first-order chi connectivity index (χ1) is 12.7. The molecule has 138 valence electrons. The van der Waals surface area contributed by atoms with Crippen LogP contribution in [-0.2, 0) is 4.79 Å². The number of piperidine rings is 1. The Kier molecular flexibility index (Phi) is 6.47. The van der Waals surface area contributed by atoms with E-state index in [9.17, 15) is 9.18 Å². The third-order valence-corrected chi connectivity index (χ3v) is 4.50. The van der Waals surface area contributed by atoms with Crippen LogP contribution in [0.25, 0.3) is 0 Å². The fourth-order valence-corrected chi connectivity index (χ4v) is 3.10. The average Bonchev–Trinajstić information content (AvgIpc) is 2.68. The van der Waals surface area contributed by atoms with Crippen LogP contribution in [0.3, 0.4) is 0 Å². The maximum absolute atomic E-state index is 12.9. The van der Waals surface area contributed by atoms with Crippen LogP contribution < -0.4 is 9.47 Å². The van der Waals surface area contributed by atoms with E-state index >= 15 is 0 Å². The number of halogens is 1. The molecular weight excluding hydrogens is 333 g/mol. The van der Waals surface area contributed by atoms with Crippen molar-refractivity contribution in [3.63, 3.8) is 0 Å². The molecule has 1 unspecified atom stereocenters. The maximum atomic E-state index is 12.9. The number of para-hydroxylation sites is 1. The highest BCUT2D eigenvalue weighted by Crippen LogP contribution is 2.20. The fourth-order valence-electron chi connectivity index (χ4n) is 3.10. The van der Waals surface area contributed by atoms with Gasteiger partial charge in [0.25, 0.3) is 0 Å². The quantitative estimate of drug-likeness (QED) is 0.754. The minimum atomic E-state index is -0.274. The van der Waals surface area contributed by atoms with Crippen LogP contribution in [0.1, 0.15) is 19.3 Å². The number of likely N-dealkylation sites (tertiary alicyclic amines) is 1. The predicted octanol–water partition coefficient (Wildman–Crippen LogP) is 3.91. The van der Waals surface area contributed by atoms with E-state index in [1.165, 1.54) is 12.1 Å². The Morgan fingerprint density at radius 3 is 2.54 bits per heavy atom. The standard InChI is InChI=1S/C21H24FNO3/c22-18-8-10-20(11-9-18)26-16-17-5-4-13-23(15-17)21(24)12-14-25-19-6-2-1-3-7-19/h1-3,6-11,17H,4-5,12-16H2. The fraction of sp³-hybridized carbons (Fsp3) is 0.381. The molecule has 1 aliphatic heterocycles. The third-order valence-electron chi connectivity index (χ3n) is 4.50. The zero-order valence-electron chi connectivity index (χ0n) is 14.8. The predicted molar refractivity (Wildman–Crippen MR) is 97.8 cm³/mol. The minimum Gasteiger partial charge on any atom is -0.493 e. The number of hydrogen-bond donors (Lipinski definition) is 0. The van der Waals surface area contributed by atoms with Crippen LogP contribution in [-0.4, -0.2) is 37.1 Å². The molecule has 1 amide bonds. The topological polar surface area (TPSA) is 38.8 Å². The van der Waals surface area contributed by atoms with E-state index in [0.29, 0.717) is 37.8 Å². The average molecular weight is 357 g/mol. The summed E-state index contributed by atoms with van der Waals surface area (Å²) in [6.07, 6.45) is 2.38. The van der Waals surface area contributed by atoms with Crippen molar-refractivity contribution in [1.29, 1.82) is 0 Å². The SMILES string of the molecule is O=C(CCOc1ccccc1)N1CCCC(COc2ccc(F)cc2)C1. The summed E-state index contributed by atoms with van der Waals surface area (Å²) in [6, 6.07) is 15.5. The molecule has 0 radical (unpaired) electrons. The first-order valence-electron chi connectivity index (χ1n) is 9.05. The maximum Gasteiger partial charge on any atom is 0.226 e. The van der Waals surface area contributed by atoms with Gasteiger partial charge in [0.1, 0.15) is 17.3 Å². The highest BCUT2D eigenvalue weighted by atomic mass is 19.1. The molecule has 0 aromatic heterocycles. The first-order valence-corrected chi connectivity index (χ1v) is 9.05. The van der Waals surface area contributed by atoms with Gasteiger partial charge in [-0.3, -0.25) is 4.79 Å². The summed E-state index contributed by atoms with van der Waals surface area (Å²) in [5.41, 5.74) is 0. The van der Waals surface area contributed by atoms with E-state index in [2.05, 4.69) is 0 Å². The van der Waals surface area contributed by atoms with Gasteiger partial charge in [0.2, 0.25) is 5.91 Å². The summed E-state index contributed by atoms with van der Waals surface area (Å²) in [5, 5.41) is 0. The van der Waals surface area contributed by atoms with E-state index in [-0.39, 0.29) is 11.7 Å². The van der Waals surface area contributed by atoms with Crippen LogP contribution >= 0.6 is 0 Å². The number of carbonyl (C=O) groups excluding carboxylic acids is 1. The third kappa shape index (κ3) is 5.48. The second-order valence-electron chi connectivity index (χ2n) is 6.52. The molecule has 0 saturated carbocycles. The first kappa shape index (κ1) is 18.2. The summed E-state index contributed by atoms with van der Waals surface area (Å²) < 4.78 is 24.3. The molecule has 2 aromatic carbocycles. The highest BCUT2D eigenvalue weighted by Gasteiger charge is 2.24. The lowest BCUT2D eigenvalue weighted by Crippen LogP contribution is -2.42. The van der Waals surface area contributed by atoms with Gasteiger partial charge in [0.15, 0.2) is 0 Å². The van der Waals surface area contributed by atoms with Crippen molar-refractivity contribution in [2.24, 2.45) is 5.92 Å². The lowest BCUT2D eigenvalue weighted by Gasteiger charge is -2.32. The molecule has 2 aromatic rings. The summed E-state index contributed by atoms with van der Waals surface area (Å²) in [7, 11) is 0. The van der Waals surface area contributed by atoms with Gasteiger partial charge in [0, 0.05) is 19.0 Å². The molecule has 1 saturated heterocycles. The Bertz CT molecular complexity index is 690. The summed E-state index contributed by atoms with van der Waals surface area (Å²) in [4.78, 5) is 14.3. The molecule has 4 nitrogen and oxygen atoms in total. The van der Waals surface area contributed by atoms with E-state index in [1.807, 2.05) is 35.2 Å². The van der Waals surface area contributed by atoms with E-state index in [1.54, 1.807) is 12.1 Å². The second kappa shape index (κ2) is 9.22. The van der Waals surface area contributed by atoms with Crippen molar-refractivity contribution < 1.29 is 18.7 Å². The Balaban J connectivity index is 1.40. The number of hydrogen-bond acceptors (Lipinski definition) is 3. The second-order valence-corrected chi connectivity index (χ2v) is 6.52. The van der Waals surface area contributed by atoms with Crippen molar-refractivity contribution in [1.82, 2.24) is 4.90 Å². The zero-order valence-corrected chi connectivity index (χ0v) is 14.8. The van der Waals surface area contributed by atoms with Gasteiger partial charge in [0.05, 0.1) is 19.6 Å². The highest BCUT2D eigenvalue weighted by molar-refractivity contribution is 5.76. The largest absolute Gasteiger partial charge is 0.493 e. The lowest BCUT2D eigenvalue weighted by molar-refractivity contribution is -0.133. The lowest BCUT2D eigenvalue weighted by atomic mass is 9.98. The number of amides is 1. The monoisotopic (exact) mass is 357 g/mol. The Morgan fingerprint density at radius 1 is 1.04 bits per heavy atom. The van der Waals surface area contributed by atoms with Gasteiger partial charge in [-0.15, -0.1) is 0 Å². The summed E-state index contributed by atoms with van der Waals surface area (Å²) in [6.45, 7) is 2.41. The Hall–Kier alpha value is -2.56. The van der Waals surface area contributed by atoms with Crippen molar-refractivity contribution in [3.8, 4) is 11.5 Å². The normalized spacial score (nSPS) is 17.0. The molecule has 1 fully saturated rings. The molecule has 5 heteroatoms. The van der Waals surface area contributed by atoms with Crippen molar-refractivity contribution in [2.75, 3.05) is 26.3 Å². The molecule has 1 aliphatic rings. The van der Waals surface area contributed by atoms with Crippen LogP contribution in [0.4, 0.5) is 4.39 Å². The molecular formula is C21H24FNO3. The Labute approximate surface area is 153 Å². The number of benzene rings is 2.